The molecule has 1 aromatic heterocycles. The average molecular weight is 376 g/mol. The lowest BCUT2D eigenvalue weighted by Crippen LogP contribution is -2.16. The molecule has 3 aromatic carbocycles. The summed E-state index contributed by atoms with van der Waals surface area (Å²) in [4.78, 5) is 2.13. The summed E-state index contributed by atoms with van der Waals surface area (Å²) >= 11 is 6.37. The van der Waals surface area contributed by atoms with E-state index in [0.29, 0.717) is 6.54 Å². The molecule has 27 heavy (non-hydrogen) atoms. The lowest BCUT2D eigenvalue weighted by Gasteiger charge is -2.19. The number of rotatable bonds is 4. The fourth-order valence-corrected chi connectivity index (χ4v) is 3.62. The molecule has 2 nitrogen and oxygen atoms in total. The molecule has 0 saturated heterocycles. The molecule has 0 atom stereocenters. The highest BCUT2D eigenvalue weighted by molar-refractivity contribution is 6.31. The first-order valence-electron chi connectivity index (χ1n) is 9.07. The Morgan fingerprint density at radius 3 is 2.33 bits per heavy atom. The molecule has 0 aliphatic rings. The minimum Gasteiger partial charge on any atom is -0.440 e. The van der Waals surface area contributed by atoms with Gasteiger partial charge in [-0.15, -0.1) is 0 Å². The lowest BCUT2D eigenvalue weighted by molar-refractivity contribution is 0.597. The van der Waals surface area contributed by atoms with Crippen molar-refractivity contribution in [1.82, 2.24) is 0 Å². The maximum atomic E-state index is 6.37. The number of halogens is 1. The van der Waals surface area contributed by atoms with E-state index in [0.717, 1.165) is 38.6 Å². The first-order valence-corrected chi connectivity index (χ1v) is 9.45. The van der Waals surface area contributed by atoms with E-state index in [9.17, 15) is 0 Å². The van der Waals surface area contributed by atoms with Gasteiger partial charge in [-0.1, -0.05) is 71.3 Å². The van der Waals surface area contributed by atoms with Gasteiger partial charge in [0, 0.05) is 24.0 Å². The summed E-state index contributed by atoms with van der Waals surface area (Å²) in [5.74, 6) is 0.861. The third kappa shape index (κ3) is 3.45. The van der Waals surface area contributed by atoms with Gasteiger partial charge in [0.25, 0.3) is 0 Å². The van der Waals surface area contributed by atoms with Gasteiger partial charge in [0.2, 0.25) is 5.88 Å². The van der Waals surface area contributed by atoms with Crippen LogP contribution in [0.5, 0.6) is 0 Å². The Balaban J connectivity index is 1.85. The summed E-state index contributed by atoms with van der Waals surface area (Å²) in [7, 11) is 2.05. The zero-order chi connectivity index (χ0) is 19.0. The molecule has 0 spiro atoms. The largest absolute Gasteiger partial charge is 0.440 e. The first kappa shape index (κ1) is 17.7. The van der Waals surface area contributed by atoms with Crippen molar-refractivity contribution in [2.75, 3.05) is 11.9 Å². The maximum absolute atomic E-state index is 6.37. The predicted molar refractivity (Wildman–Crippen MR) is 115 cm³/mol. The summed E-state index contributed by atoms with van der Waals surface area (Å²) < 4.78 is 6.30. The van der Waals surface area contributed by atoms with Crippen molar-refractivity contribution in [1.29, 1.82) is 0 Å². The Labute approximate surface area is 165 Å². The van der Waals surface area contributed by atoms with Crippen LogP contribution in [-0.4, -0.2) is 7.05 Å². The van der Waals surface area contributed by atoms with E-state index < -0.39 is 0 Å². The van der Waals surface area contributed by atoms with Gasteiger partial charge in [0.1, 0.15) is 5.58 Å². The molecule has 4 rings (SSSR count). The van der Waals surface area contributed by atoms with E-state index in [1.807, 2.05) is 25.2 Å². The molecule has 0 radical (unpaired) electrons. The fraction of sp³-hybridized carbons (Fsp3) is 0.167. The van der Waals surface area contributed by atoms with Gasteiger partial charge in [0.15, 0.2) is 0 Å². The SMILES string of the molecule is Cc1ccc(-c2c(N(C)Cc3ccccc3Cl)oc3ccc(C)cc23)cc1. The highest BCUT2D eigenvalue weighted by Crippen LogP contribution is 2.41. The molecular weight excluding hydrogens is 354 g/mol. The van der Waals surface area contributed by atoms with Crippen molar-refractivity contribution in [3.8, 4) is 11.1 Å². The topological polar surface area (TPSA) is 16.4 Å². The van der Waals surface area contributed by atoms with E-state index >= 15 is 0 Å². The quantitative estimate of drug-likeness (QED) is 0.381. The van der Waals surface area contributed by atoms with Gasteiger partial charge < -0.3 is 9.32 Å². The van der Waals surface area contributed by atoms with Gasteiger partial charge in [0.05, 0.1) is 5.56 Å². The van der Waals surface area contributed by atoms with Gasteiger partial charge >= 0.3 is 0 Å². The number of fused-ring (bicyclic) bond motifs is 1. The zero-order valence-electron chi connectivity index (χ0n) is 15.8. The van der Waals surface area contributed by atoms with Crippen molar-refractivity contribution < 1.29 is 4.42 Å². The van der Waals surface area contributed by atoms with Gasteiger partial charge in [-0.05, 0) is 43.2 Å². The standard InChI is InChI=1S/C24H22ClNO/c1-16-8-11-18(12-9-16)23-20-14-17(2)10-13-22(20)27-24(23)26(3)15-19-6-4-5-7-21(19)25/h4-14H,15H2,1-3H3. The minimum atomic E-state index is 0.678. The summed E-state index contributed by atoms with van der Waals surface area (Å²) in [6.07, 6.45) is 0. The maximum Gasteiger partial charge on any atom is 0.204 e. The number of anilines is 1. The highest BCUT2D eigenvalue weighted by Gasteiger charge is 2.20. The van der Waals surface area contributed by atoms with E-state index in [1.165, 1.54) is 11.1 Å². The van der Waals surface area contributed by atoms with Crippen LogP contribution >= 0.6 is 11.6 Å². The van der Waals surface area contributed by atoms with Crippen LogP contribution in [0.2, 0.25) is 5.02 Å². The highest BCUT2D eigenvalue weighted by atomic mass is 35.5. The fourth-order valence-electron chi connectivity index (χ4n) is 3.42. The minimum absolute atomic E-state index is 0.678. The Morgan fingerprint density at radius 2 is 1.59 bits per heavy atom. The number of hydrogen-bond donors (Lipinski definition) is 0. The Morgan fingerprint density at radius 1 is 0.889 bits per heavy atom. The smallest absolute Gasteiger partial charge is 0.204 e. The molecule has 0 unspecified atom stereocenters. The molecule has 0 aliphatic heterocycles. The third-order valence-electron chi connectivity index (χ3n) is 4.88. The van der Waals surface area contributed by atoms with Crippen molar-refractivity contribution >= 4 is 28.5 Å². The number of aryl methyl sites for hydroxylation is 2. The average Bonchev–Trinajstić information content (AvgIpc) is 3.03. The van der Waals surface area contributed by atoms with E-state index in [1.54, 1.807) is 0 Å². The second-order valence-corrected chi connectivity index (χ2v) is 7.50. The zero-order valence-corrected chi connectivity index (χ0v) is 16.5. The molecule has 3 heteroatoms. The molecule has 136 valence electrons. The molecular formula is C24H22ClNO. The Kier molecular flexibility index (Phi) is 4.67. The summed E-state index contributed by atoms with van der Waals surface area (Å²) in [5.41, 5.74) is 6.73. The van der Waals surface area contributed by atoms with Crippen molar-refractivity contribution in [2.24, 2.45) is 0 Å². The first-order chi connectivity index (χ1) is 13.0. The monoisotopic (exact) mass is 375 g/mol. The van der Waals surface area contributed by atoms with Crippen molar-refractivity contribution in [3.63, 3.8) is 0 Å². The van der Waals surface area contributed by atoms with Crippen LogP contribution in [-0.2, 0) is 6.54 Å². The number of furan rings is 1. The number of benzene rings is 3. The number of hydrogen-bond acceptors (Lipinski definition) is 2. The van der Waals surface area contributed by atoms with Crippen molar-refractivity contribution in [2.45, 2.75) is 20.4 Å². The molecule has 0 fully saturated rings. The second-order valence-electron chi connectivity index (χ2n) is 7.10. The molecule has 0 N–H and O–H groups in total. The van der Waals surface area contributed by atoms with Crippen LogP contribution < -0.4 is 4.90 Å². The molecule has 0 amide bonds. The van der Waals surface area contributed by atoms with E-state index in [2.05, 4.69) is 67.3 Å². The van der Waals surface area contributed by atoms with E-state index in [-0.39, 0.29) is 0 Å². The number of nitrogens with zero attached hydrogens (tertiary/aromatic N) is 1. The molecule has 1 heterocycles. The van der Waals surface area contributed by atoms with E-state index in [4.69, 9.17) is 16.0 Å². The molecule has 0 bridgehead atoms. The van der Waals surface area contributed by atoms with Crippen LogP contribution in [0.15, 0.2) is 71.1 Å². The lowest BCUT2D eigenvalue weighted by atomic mass is 10.0. The summed E-state index contributed by atoms with van der Waals surface area (Å²) in [5, 5.41) is 1.91. The normalized spacial score (nSPS) is 11.1. The second kappa shape index (κ2) is 7.13. The third-order valence-corrected chi connectivity index (χ3v) is 5.25. The van der Waals surface area contributed by atoms with Gasteiger partial charge in [-0.25, -0.2) is 0 Å². The van der Waals surface area contributed by atoms with Crippen LogP contribution in [0.3, 0.4) is 0 Å². The van der Waals surface area contributed by atoms with Crippen LogP contribution in [0, 0.1) is 13.8 Å². The molecule has 0 saturated carbocycles. The van der Waals surface area contributed by atoms with Crippen LogP contribution in [0.4, 0.5) is 5.88 Å². The summed E-state index contributed by atoms with van der Waals surface area (Å²) in [6.45, 7) is 4.89. The van der Waals surface area contributed by atoms with Gasteiger partial charge in [-0.2, -0.15) is 0 Å². The van der Waals surface area contributed by atoms with Crippen LogP contribution in [0.25, 0.3) is 22.1 Å². The Hall–Kier alpha value is -2.71. The van der Waals surface area contributed by atoms with Gasteiger partial charge in [-0.3, -0.25) is 0 Å². The molecule has 0 aliphatic carbocycles. The van der Waals surface area contributed by atoms with Crippen molar-refractivity contribution in [3.05, 3.63) is 88.4 Å². The summed E-state index contributed by atoms with van der Waals surface area (Å²) in [6, 6.07) is 22.9. The predicted octanol–water partition coefficient (Wildman–Crippen LogP) is 7.01. The Bertz CT molecular complexity index is 1100. The molecule has 4 aromatic rings. The van der Waals surface area contributed by atoms with Crippen LogP contribution in [0.1, 0.15) is 16.7 Å².